The van der Waals surface area contributed by atoms with Crippen LogP contribution in [0.15, 0.2) is 59.3 Å². The summed E-state index contributed by atoms with van der Waals surface area (Å²) in [7, 11) is 0. The first-order valence-electron chi connectivity index (χ1n) is 9.05. The summed E-state index contributed by atoms with van der Waals surface area (Å²) in [4.78, 5) is 21.1. The van der Waals surface area contributed by atoms with Gasteiger partial charge in [-0.2, -0.15) is 4.98 Å². The number of carbonyl (C=O) groups is 1. The van der Waals surface area contributed by atoms with Gasteiger partial charge in [0.05, 0.1) is 6.17 Å². The van der Waals surface area contributed by atoms with Gasteiger partial charge >= 0.3 is 0 Å². The van der Waals surface area contributed by atoms with Crippen molar-refractivity contribution < 1.29 is 9.32 Å². The summed E-state index contributed by atoms with van der Waals surface area (Å²) in [6, 6.07) is 14.8. The van der Waals surface area contributed by atoms with E-state index in [0.29, 0.717) is 30.4 Å². The van der Waals surface area contributed by atoms with Gasteiger partial charge in [0.1, 0.15) is 11.7 Å². The van der Waals surface area contributed by atoms with Gasteiger partial charge in [0.2, 0.25) is 17.6 Å². The molecule has 1 saturated heterocycles. The fourth-order valence-electron chi connectivity index (χ4n) is 3.23. The fourth-order valence-corrected chi connectivity index (χ4v) is 3.23. The van der Waals surface area contributed by atoms with Gasteiger partial charge in [-0.3, -0.25) is 9.78 Å². The van der Waals surface area contributed by atoms with Gasteiger partial charge in [-0.15, -0.1) is 0 Å². The van der Waals surface area contributed by atoms with Crippen LogP contribution in [0.2, 0.25) is 0 Å². The molecule has 1 aliphatic heterocycles. The predicted octanol–water partition coefficient (Wildman–Crippen LogP) is 0.335. The molecule has 1 amide bonds. The second kappa shape index (κ2) is 8.26. The van der Waals surface area contributed by atoms with Gasteiger partial charge < -0.3 is 15.6 Å². The number of nitrogens with zero attached hydrogens (tertiary/aromatic N) is 3. The average Bonchev–Trinajstić information content (AvgIpc) is 3.36. The van der Waals surface area contributed by atoms with Crippen LogP contribution in [-0.4, -0.2) is 39.8 Å². The van der Waals surface area contributed by atoms with Crippen LogP contribution in [0.4, 0.5) is 0 Å². The molecule has 0 radical (unpaired) electrons. The highest BCUT2D eigenvalue weighted by molar-refractivity contribution is 5.83. The normalized spacial score (nSPS) is 21.5. The van der Waals surface area contributed by atoms with E-state index in [2.05, 4.69) is 31.3 Å². The van der Waals surface area contributed by atoms with Crippen molar-refractivity contribution in [1.29, 1.82) is 0 Å². The Hall–Kier alpha value is -3.14. The van der Waals surface area contributed by atoms with Crippen LogP contribution in [0.1, 0.15) is 17.4 Å². The maximum atomic E-state index is 12.6. The second-order valence-corrected chi connectivity index (χ2v) is 6.50. The van der Waals surface area contributed by atoms with E-state index < -0.39 is 6.04 Å². The monoisotopic (exact) mass is 379 g/mol. The van der Waals surface area contributed by atoms with Gasteiger partial charge in [0, 0.05) is 25.1 Å². The van der Waals surface area contributed by atoms with E-state index in [-0.39, 0.29) is 18.0 Å². The van der Waals surface area contributed by atoms with Crippen LogP contribution in [-0.2, 0) is 11.2 Å². The van der Waals surface area contributed by atoms with Crippen LogP contribution < -0.4 is 21.9 Å². The second-order valence-electron chi connectivity index (χ2n) is 6.50. The lowest BCUT2D eigenvalue weighted by molar-refractivity contribution is -0.123. The highest BCUT2D eigenvalue weighted by Crippen LogP contribution is 2.25. The number of pyridine rings is 1. The van der Waals surface area contributed by atoms with Crippen LogP contribution in [0, 0.1) is 0 Å². The van der Waals surface area contributed by atoms with Gasteiger partial charge in [-0.25, -0.2) is 10.9 Å². The molecule has 1 aromatic carbocycles. The molecule has 9 heteroatoms. The lowest BCUT2D eigenvalue weighted by atomic mass is 9.90. The van der Waals surface area contributed by atoms with Crippen molar-refractivity contribution in [3.63, 3.8) is 0 Å². The van der Waals surface area contributed by atoms with Crippen LogP contribution in [0.25, 0.3) is 11.5 Å². The quantitative estimate of drug-likeness (QED) is 0.482. The molecule has 1 fully saturated rings. The Morgan fingerprint density at radius 2 is 1.96 bits per heavy atom. The minimum atomic E-state index is -0.468. The van der Waals surface area contributed by atoms with Gasteiger partial charge in [0.15, 0.2) is 0 Å². The number of rotatable bonds is 6. The van der Waals surface area contributed by atoms with Gasteiger partial charge in [-0.1, -0.05) is 41.6 Å². The van der Waals surface area contributed by atoms with Gasteiger partial charge in [-0.05, 0) is 17.7 Å². The third kappa shape index (κ3) is 3.91. The molecule has 5 N–H and O–H groups in total. The molecule has 144 valence electrons. The maximum absolute atomic E-state index is 12.6. The Labute approximate surface area is 161 Å². The molecule has 4 rings (SSSR count). The molecule has 0 bridgehead atoms. The molecule has 0 spiro atoms. The minimum absolute atomic E-state index is 0.140. The number of hydrogen-bond donors (Lipinski definition) is 4. The summed E-state index contributed by atoms with van der Waals surface area (Å²) in [5, 5.41) is 6.83. The largest absolute Gasteiger partial charge is 0.354 e. The van der Waals surface area contributed by atoms with Crippen LogP contribution >= 0.6 is 0 Å². The van der Waals surface area contributed by atoms with E-state index in [4.69, 9.17) is 10.3 Å². The molecule has 28 heavy (non-hydrogen) atoms. The third-order valence-electron chi connectivity index (χ3n) is 4.62. The Morgan fingerprint density at radius 1 is 1.14 bits per heavy atom. The maximum Gasteiger partial charge on any atom is 0.239 e. The molecule has 3 unspecified atom stereocenters. The van der Waals surface area contributed by atoms with E-state index in [9.17, 15) is 4.79 Å². The highest BCUT2D eigenvalue weighted by Gasteiger charge is 2.39. The molecule has 0 aliphatic carbocycles. The number of carbonyl (C=O) groups excluding carboxylic acids is 1. The zero-order valence-electron chi connectivity index (χ0n) is 15.1. The molecule has 9 nitrogen and oxygen atoms in total. The Balaban J connectivity index is 1.34. The van der Waals surface area contributed by atoms with E-state index in [1.165, 1.54) is 0 Å². The predicted molar refractivity (Wildman–Crippen MR) is 101 cm³/mol. The number of nitrogens with one attached hydrogen (secondary N) is 3. The summed E-state index contributed by atoms with van der Waals surface area (Å²) in [5.41, 5.74) is 13.7. The number of nitrogens with two attached hydrogens (primary N) is 1. The zero-order valence-corrected chi connectivity index (χ0v) is 15.1. The summed E-state index contributed by atoms with van der Waals surface area (Å²) in [6.45, 7) is 0.373. The number of hydrazine groups is 1. The smallest absolute Gasteiger partial charge is 0.239 e. The van der Waals surface area contributed by atoms with Crippen LogP contribution in [0.3, 0.4) is 0 Å². The van der Waals surface area contributed by atoms with Crippen molar-refractivity contribution in [3.8, 4) is 11.5 Å². The number of hydrogen-bond acceptors (Lipinski definition) is 8. The summed E-state index contributed by atoms with van der Waals surface area (Å²) < 4.78 is 5.23. The van der Waals surface area contributed by atoms with E-state index in [1.807, 2.05) is 48.5 Å². The number of aromatic nitrogens is 3. The first-order valence-corrected chi connectivity index (χ1v) is 9.05. The summed E-state index contributed by atoms with van der Waals surface area (Å²) in [5.74, 6) is 0.563. The lowest BCUT2D eigenvalue weighted by Crippen LogP contribution is -2.45. The van der Waals surface area contributed by atoms with Crippen molar-refractivity contribution >= 4 is 5.91 Å². The van der Waals surface area contributed by atoms with E-state index >= 15 is 0 Å². The lowest BCUT2D eigenvalue weighted by Gasteiger charge is -2.20. The molecule has 3 heterocycles. The minimum Gasteiger partial charge on any atom is -0.354 e. The molecular weight excluding hydrogens is 358 g/mol. The Morgan fingerprint density at radius 3 is 2.75 bits per heavy atom. The highest BCUT2D eigenvalue weighted by atomic mass is 16.5. The van der Waals surface area contributed by atoms with Crippen molar-refractivity contribution in [2.45, 2.75) is 24.5 Å². The standard InChI is InChI=1S/C19H21N7O2/c20-17-15(12-6-2-1-3-7-12)16(24-25-17)19(27)22-11-9-14-23-18(26-28-14)13-8-4-5-10-21-13/h1-8,10,15-17,24-25H,9,11,20H2,(H,22,27). The SMILES string of the molecule is NC1NNC(C(=O)NCCc2nc(-c3ccccn3)no2)C1c1ccccc1. The Bertz CT molecular complexity index is 916. The Kier molecular flexibility index (Phi) is 5.38. The molecule has 3 atom stereocenters. The first kappa shape index (κ1) is 18.2. The first-order chi connectivity index (χ1) is 13.7. The van der Waals surface area contributed by atoms with Crippen molar-refractivity contribution in [3.05, 3.63) is 66.2 Å². The topological polar surface area (TPSA) is 131 Å². The van der Waals surface area contributed by atoms with Gasteiger partial charge in [0.25, 0.3) is 0 Å². The molecule has 0 saturated carbocycles. The molecule has 3 aromatic rings. The number of benzene rings is 1. The molecule has 1 aliphatic rings. The third-order valence-corrected chi connectivity index (χ3v) is 4.62. The zero-order chi connectivity index (χ0) is 19.3. The number of amides is 1. The van der Waals surface area contributed by atoms with Crippen molar-refractivity contribution in [2.75, 3.05) is 6.54 Å². The van der Waals surface area contributed by atoms with Crippen molar-refractivity contribution in [1.82, 2.24) is 31.3 Å². The molecular formula is C19H21N7O2. The summed E-state index contributed by atoms with van der Waals surface area (Å²) >= 11 is 0. The summed E-state index contributed by atoms with van der Waals surface area (Å²) in [6.07, 6.45) is 1.74. The van der Waals surface area contributed by atoms with E-state index in [1.54, 1.807) is 6.20 Å². The van der Waals surface area contributed by atoms with E-state index in [0.717, 1.165) is 5.56 Å². The molecule has 2 aromatic heterocycles. The average molecular weight is 379 g/mol. The van der Waals surface area contributed by atoms with Crippen LogP contribution in [0.5, 0.6) is 0 Å². The fraction of sp³-hybridized carbons (Fsp3) is 0.263. The van der Waals surface area contributed by atoms with Crippen molar-refractivity contribution in [2.24, 2.45) is 5.73 Å².